The number of aliphatic hydroxyl groups is 9. The van der Waals surface area contributed by atoms with Crippen LogP contribution in [-0.4, -0.2) is 309 Å². The molecule has 6 fully saturated rings. The number of benzene rings is 3. The molecule has 26 nitrogen and oxygen atoms in total. The second kappa shape index (κ2) is 47.5. The summed E-state index contributed by atoms with van der Waals surface area (Å²) >= 11 is 32.0. The molecule has 3 aromatic carbocycles. The third-order valence-corrected chi connectivity index (χ3v) is 22.7. The molecule has 9 rings (SSSR count). The van der Waals surface area contributed by atoms with E-state index in [1.165, 1.54) is 40.2 Å². The molecule has 0 radical (unpaired) electrons. The average Bonchev–Trinajstić information content (AvgIpc) is 0.790. The SMILES string of the molecule is CC(C)(C)OC(=O)N1CCN(c2ccccc2)C(C(=O)O)C1.CS[C@H]1O[C@H]([C@H](CC(=O)C2CCCCN2c2ccccc2)[C@H](C)Cl)[C@H](O)[C@H](O)[C@H]1O.CS[C@H]1O[C@H]([C@H](CC(=O)C2CN(C(=O)OC(C)(C)C)CCN2c2ccccc2)[C@H](C)Cl)[C@H](O)[C@H](O)[C@H]1O.CS[C@H]1O[C@H]([C@H](N)[C@H](C)Cl)[C@H](O)[C@H](O)[C@H]1O.ClCCl.[2H]CF. The molecule has 110 heavy (non-hydrogen) atoms. The second-order valence-corrected chi connectivity index (χ2v) is 34.9. The van der Waals surface area contributed by atoms with Gasteiger partial charge in [0.25, 0.3) is 0 Å². The predicted molar refractivity (Wildman–Crippen MR) is 434 cm³/mol. The minimum Gasteiger partial charge on any atom is -0.480 e. The van der Waals surface area contributed by atoms with Crippen molar-refractivity contribution in [3.63, 3.8) is 0 Å². The number of para-hydroxylation sites is 3. The predicted octanol–water partition coefficient (Wildman–Crippen LogP) is 8.22. The smallest absolute Gasteiger partial charge is 0.410 e. The van der Waals surface area contributed by atoms with Crippen LogP contribution in [0.2, 0.25) is 0 Å². The van der Waals surface area contributed by atoms with Gasteiger partial charge in [-0.15, -0.1) is 93.3 Å². The van der Waals surface area contributed by atoms with Crippen LogP contribution in [0.3, 0.4) is 0 Å². The monoisotopic (exact) mass is 1710 g/mol. The number of ether oxygens (including phenoxy) is 5. The van der Waals surface area contributed by atoms with Crippen LogP contribution in [0.25, 0.3) is 0 Å². The van der Waals surface area contributed by atoms with Crippen molar-refractivity contribution in [1.29, 1.82) is 0 Å². The van der Waals surface area contributed by atoms with Crippen LogP contribution in [0, 0.1) is 11.8 Å². The number of alkyl halides is 6. The van der Waals surface area contributed by atoms with E-state index in [-0.39, 0.29) is 48.9 Å². The zero-order valence-electron chi connectivity index (χ0n) is 65.3. The summed E-state index contributed by atoms with van der Waals surface area (Å²) in [5.41, 5.74) is 5.20. The maximum atomic E-state index is 13.9. The van der Waals surface area contributed by atoms with Crippen molar-refractivity contribution in [2.75, 3.05) is 91.8 Å². The summed E-state index contributed by atoms with van der Waals surface area (Å²) in [5, 5.41) is 99.7. The van der Waals surface area contributed by atoms with Crippen LogP contribution < -0.4 is 20.4 Å². The first-order chi connectivity index (χ1) is 52.2. The zero-order valence-corrected chi connectivity index (χ0v) is 70.5. The van der Waals surface area contributed by atoms with E-state index >= 15 is 0 Å². The number of nitrogens with zero attached hydrogens (tertiary/aromatic N) is 5. The minimum atomic E-state index is -1.43. The Hall–Kier alpha value is -3.68. The van der Waals surface area contributed by atoms with Gasteiger partial charge in [0.15, 0.2) is 11.6 Å². The van der Waals surface area contributed by atoms with Crippen LogP contribution in [0.1, 0.15) is 95.8 Å². The number of halogens is 6. The van der Waals surface area contributed by atoms with Crippen LogP contribution in [0.5, 0.6) is 0 Å². The summed E-state index contributed by atoms with van der Waals surface area (Å²) in [6.45, 7) is 18.7. The molecule has 6 heterocycles. The number of anilines is 3. The van der Waals surface area contributed by atoms with E-state index in [0.717, 1.165) is 42.9 Å². The Labute approximate surface area is 685 Å². The molecule has 6 aliphatic heterocycles. The van der Waals surface area contributed by atoms with Crippen molar-refractivity contribution in [3.05, 3.63) is 91.0 Å². The number of thioether (sulfide) groups is 3. The molecule has 0 bridgehead atoms. The highest BCUT2D eigenvalue weighted by molar-refractivity contribution is 7.99. The van der Waals surface area contributed by atoms with E-state index in [1.807, 2.05) is 101 Å². The van der Waals surface area contributed by atoms with Gasteiger partial charge in [-0.05, 0) is 137 Å². The molecule has 0 aromatic heterocycles. The highest BCUT2D eigenvalue weighted by atomic mass is 35.5. The zero-order chi connectivity index (χ0) is 83.5. The van der Waals surface area contributed by atoms with E-state index < -0.39 is 172 Å². The number of carbonyl (C=O) groups is 5. The Kier molecular flexibility index (Phi) is 41.9. The molecule has 3 aromatic rings. The first-order valence-corrected chi connectivity index (χ1v) is 42.4. The third kappa shape index (κ3) is 28.6. The van der Waals surface area contributed by atoms with Gasteiger partial charge in [0.2, 0.25) is 0 Å². The Morgan fingerprint density at radius 3 is 1.14 bits per heavy atom. The Morgan fingerprint density at radius 2 is 0.818 bits per heavy atom. The van der Waals surface area contributed by atoms with Crippen molar-refractivity contribution in [1.82, 2.24) is 9.80 Å². The number of piperazine rings is 2. The minimum absolute atomic E-state index is 0.0491. The second-order valence-electron chi connectivity index (χ2n) is 29.2. The first kappa shape index (κ1) is 96.9. The largest absolute Gasteiger partial charge is 0.480 e. The number of carbonyl (C=O) groups excluding carboxylic acids is 4. The fourth-order valence-corrected chi connectivity index (χ4v) is 16.0. The van der Waals surface area contributed by atoms with Crippen LogP contribution >= 0.6 is 93.3 Å². The number of amides is 2. The van der Waals surface area contributed by atoms with Crippen molar-refractivity contribution in [3.8, 4) is 0 Å². The molecule has 3 unspecified atom stereocenters. The lowest BCUT2D eigenvalue weighted by Gasteiger charge is -2.45. The average molecular weight is 1720 g/mol. The van der Waals surface area contributed by atoms with Gasteiger partial charge in [-0.3, -0.25) is 14.0 Å². The molecule has 24 atom stereocenters. The topological polar surface area (TPSA) is 376 Å². The number of rotatable bonds is 19. The number of piperidine rings is 1. The number of carboxylic acids is 1. The van der Waals surface area contributed by atoms with Gasteiger partial charge in [-0.25, -0.2) is 14.4 Å². The number of carboxylic acid groups (broad SMARTS) is 1. The maximum Gasteiger partial charge on any atom is 0.410 e. The number of ketones is 2. The molecule has 2 amide bonds. The summed E-state index contributed by atoms with van der Waals surface area (Å²) in [6, 6.07) is 26.5. The maximum absolute atomic E-state index is 13.9. The number of hydrogen-bond donors (Lipinski definition) is 11. The van der Waals surface area contributed by atoms with Gasteiger partial charge in [0, 0.05) is 96.6 Å². The lowest BCUT2D eigenvalue weighted by atomic mass is 9.83. The van der Waals surface area contributed by atoms with E-state index in [4.69, 9.17) is 88.8 Å². The molecular weight excluding hydrogens is 1600 g/mol. The fraction of sp³-hybridized carbons (Fsp3) is 0.693. The van der Waals surface area contributed by atoms with Gasteiger partial charge in [-0.1, -0.05) is 54.6 Å². The molecule has 35 heteroatoms. The normalized spacial score (nSPS) is 30.2. The molecule has 0 aliphatic carbocycles. The number of aliphatic hydroxyl groups excluding tert-OH is 9. The van der Waals surface area contributed by atoms with Crippen LogP contribution in [0.4, 0.5) is 31.0 Å². The summed E-state index contributed by atoms with van der Waals surface area (Å²) in [7, 11) is -1.00. The Balaban J connectivity index is 0.000000316. The van der Waals surface area contributed by atoms with Gasteiger partial charge < -0.3 is 105 Å². The van der Waals surface area contributed by atoms with E-state index in [2.05, 4.69) is 4.90 Å². The van der Waals surface area contributed by atoms with Gasteiger partial charge in [-0.2, -0.15) is 0 Å². The molecule has 0 saturated carbocycles. The lowest BCUT2D eigenvalue weighted by Crippen LogP contribution is -2.62. The molecule has 12 N–H and O–H groups in total. The highest BCUT2D eigenvalue weighted by Crippen LogP contribution is 2.39. The van der Waals surface area contributed by atoms with Gasteiger partial charge >= 0.3 is 18.2 Å². The summed E-state index contributed by atoms with van der Waals surface area (Å²) in [6.07, 6.45) is -6.94. The van der Waals surface area contributed by atoms with E-state index in [9.17, 15) is 79.4 Å². The van der Waals surface area contributed by atoms with Crippen LogP contribution in [-0.2, 0) is 38.1 Å². The van der Waals surface area contributed by atoms with E-state index in [0.29, 0.717) is 26.2 Å². The Bertz CT molecular complexity index is 3220. The number of nitrogens with two attached hydrogens (primary N) is 1. The summed E-state index contributed by atoms with van der Waals surface area (Å²) < 4.78 is 43.7. The number of Topliss-reactive ketones (excluding diaryl/α,β-unsaturated/α-hetero) is 2. The van der Waals surface area contributed by atoms with Gasteiger partial charge in [0.1, 0.15) is 101 Å². The third-order valence-electron chi connectivity index (χ3n) is 19.2. The lowest BCUT2D eigenvalue weighted by molar-refractivity contribution is -0.211. The molecule has 6 saturated heterocycles. The first-order valence-electron chi connectivity index (χ1n) is 36.9. The number of hydrogen-bond acceptors (Lipinski definition) is 26. The van der Waals surface area contributed by atoms with Crippen molar-refractivity contribution >= 4 is 140 Å². The van der Waals surface area contributed by atoms with Crippen LogP contribution in [0.15, 0.2) is 91.0 Å². The fourth-order valence-electron chi connectivity index (χ4n) is 13.4. The number of aliphatic carboxylic acids is 1. The van der Waals surface area contributed by atoms with Gasteiger partial charge in [0.05, 0.1) is 45.2 Å². The van der Waals surface area contributed by atoms with Crippen molar-refractivity contribution < 1.29 is 104 Å². The van der Waals surface area contributed by atoms with E-state index in [1.54, 1.807) is 86.0 Å². The van der Waals surface area contributed by atoms with Crippen molar-refractivity contribution in [2.45, 2.75) is 235 Å². The highest BCUT2D eigenvalue weighted by Gasteiger charge is 2.52. The molecule has 626 valence electrons. The molecular formula is C75H116Cl5FN6O20S3. The van der Waals surface area contributed by atoms with Crippen molar-refractivity contribution in [2.24, 2.45) is 17.6 Å². The molecule has 6 aliphatic rings. The summed E-state index contributed by atoms with van der Waals surface area (Å²) in [5.74, 6) is -2.18. The standard InChI is InChI=1S/C26H39ClN2O7S.C22H32ClNO5S.C16H22N2O4.C9H18ClNO4S.CH2Cl2.CH3F/c1-15(27)17(23-21(32)20(31)22(33)24(35-23)37-5)13-19(30)18-14-28(25(34)36-26(2,3)4)11-12-29(18)16-9-7-6-8-10-16;1-13(23)15(21-19(27)18(26)20(28)22(29-21)30-2)12-17(25)16-10-6-7-11-24(16)14-8-4-3-5-9-14;1-16(2,3)22-15(21)17-9-10-18(13(11-17)14(19)20)12-7-5-4-6-8-12;1-3(10)4(11)8-6(13)5(12)7(14)9(15-8)16-2;2-1-3;1-2/h6-10,15,17-18,20-24,31-33H,11-14H2,1-5H3;3-5,8-9,13,15-16,18-22,26-28H,6-7,10-12H2,1-2H3;4-8,13H,9-11H2,1-3H3,(H,19,20);3-9,12-14H,11H2,1-2H3;1H2;1H3/t15-,17+,18?,20-,21+,22+,23+,24+;13-,15+,16?,18-,19+,20+,21+,22+;;3-,4+,5-,6+,7+,8+,9+;;/m00.0../s1/i;;;;;1D. The summed E-state index contributed by atoms with van der Waals surface area (Å²) in [4.78, 5) is 72.7. The quantitative estimate of drug-likeness (QED) is 0.0503. The molecule has 0 spiro atoms. The Morgan fingerprint density at radius 1 is 0.509 bits per heavy atom.